The van der Waals surface area contributed by atoms with Crippen LogP contribution in [0.3, 0.4) is 0 Å². The molecule has 0 saturated heterocycles. The van der Waals surface area contributed by atoms with Gasteiger partial charge in [-0.25, -0.2) is 0 Å². The molecule has 1 nitrogen and oxygen atoms in total. The summed E-state index contributed by atoms with van der Waals surface area (Å²) in [7, 11) is 0. The first-order valence-corrected chi connectivity index (χ1v) is 15.5. The van der Waals surface area contributed by atoms with E-state index in [0.717, 1.165) is 29.6 Å². The SMILES string of the molecule is CC1CCCC2CCCCCCCCC3CC3CCC(CCCCCCC2)CC(N)CC1. The molecule has 0 radical (unpaired) electrons. The van der Waals surface area contributed by atoms with Crippen molar-refractivity contribution in [2.75, 3.05) is 0 Å². The highest BCUT2D eigenvalue weighted by molar-refractivity contribution is 4.87. The highest BCUT2D eigenvalue weighted by Gasteiger charge is 2.36. The normalized spacial score (nSPS) is 38.4. The fourth-order valence-corrected chi connectivity index (χ4v) is 7.17. The molecular weight excluding hydrogens is 386 g/mol. The third-order valence-corrected chi connectivity index (χ3v) is 9.65. The number of fused-ring (bicyclic) bond motifs is 9. The van der Waals surface area contributed by atoms with Crippen molar-refractivity contribution >= 4 is 0 Å². The van der Waals surface area contributed by atoms with E-state index in [1.807, 2.05) is 0 Å². The Morgan fingerprint density at radius 3 is 1.62 bits per heavy atom. The molecule has 0 aromatic carbocycles. The predicted molar refractivity (Wildman–Crippen MR) is 142 cm³/mol. The molecular formula is C31H59N. The minimum Gasteiger partial charge on any atom is -0.328 e. The fraction of sp³-hybridized carbons (Fsp3) is 1.00. The Labute approximate surface area is 202 Å². The van der Waals surface area contributed by atoms with Gasteiger partial charge in [0.2, 0.25) is 0 Å². The highest BCUT2D eigenvalue weighted by Crippen LogP contribution is 2.46. The van der Waals surface area contributed by atoms with E-state index in [4.69, 9.17) is 5.73 Å². The lowest BCUT2D eigenvalue weighted by Crippen LogP contribution is -2.24. The molecule has 6 atom stereocenters. The first kappa shape index (κ1) is 26.6. The van der Waals surface area contributed by atoms with Crippen LogP contribution in [0.15, 0.2) is 0 Å². The van der Waals surface area contributed by atoms with Crippen LogP contribution in [0.5, 0.6) is 0 Å². The molecule has 3 aliphatic carbocycles. The van der Waals surface area contributed by atoms with E-state index in [0.29, 0.717) is 6.04 Å². The monoisotopic (exact) mass is 445 g/mol. The van der Waals surface area contributed by atoms with Crippen LogP contribution in [0.1, 0.15) is 161 Å². The van der Waals surface area contributed by atoms with Gasteiger partial charge < -0.3 is 5.73 Å². The molecule has 32 heavy (non-hydrogen) atoms. The third-order valence-electron chi connectivity index (χ3n) is 9.65. The lowest BCUT2D eigenvalue weighted by molar-refractivity contribution is 0.325. The Balaban J connectivity index is 1.57. The predicted octanol–water partition coefficient (Wildman–Crippen LogP) is 9.82. The number of rotatable bonds is 0. The van der Waals surface area contributed by atoms with Crippen LogP contribution in [0.2, 0.25) is 0 Å². The van der Waals surface area contributed by atoms with Crippen molar-refractivity contribution < 1.29 is 0 Å². The van der Waals surface area contributed by atoms with Crippen molar-refractivity contribution in [2.24, 2.45) is 35.3 Å². The minimum absolute atomic E-state index is 0.457. The van der Waals surface area contributed by atoms with Gasteiger partial charge >= 0.3 is 0 Å². The lowest BCUT2D eigenvalue weighted by Gasteiger charge is -2.23. The zero-order valence-electron chi connectivity index (χ0n) is 22.0. The highest BCUT2D eigenvalue weighted by atomic mass is 14.6. The Bertz CT molecular complexity index is 459. The van der Waals surface area contributed by atoms with Gasteiger partial charge in [-0.2, -0.15) is 0 Å². The van der Waals surface area contributed by atoms with Crippen molar-refractivity contribution in [3.8, 4) is 0 Å². The molecule has 3 fully saturated rings. The van der Waals surface area contributed by atoms with Gasteiger partial charge in [-0.05, 0) is 61.7 Å². The molecule has 3 saturated carbocycles. The summed E-state index contributed by atoms with van der Waals surface area (Å²) in [6.45, 7) is 2.50. The van der Waals surface area contributed by atoms with E-state index >= 15 is 0 Å². The molecule has 0 aromatic heterocycles. The standard InChI is InChI=1S/C31H59N/c1-26-14-13-18-27-15-9-5-2-3-8-12-19-29-25-30(29)22-21-28(24-31(32)23-20-26)17-11-7-4-6-10-16-27/h26-31H,2-25,32H2,1H3. The van der Waals surface area contributed by atoms with Crippen molar-refractivity contribution in [1.82, 2.24) is 0 Å². The molecule has 2 bridgehead atoms. The zero-order chi connectivity index (χ0) is 22.4. The molecule has 0 heterocycles. The second-order valence-corrected chi connectivity index (χ2v) is 12.7. The van der Waals surface area contributed by atoms with Crippen LogP contribution >= 0.6 is 0 Å². The average molecular weight is 446 g/mol. The Kier molecular flexibility index (Phi) is 13.1. The van der Waals surface area contributed by atoms with Crippen molar-refractivity contribution in [3.05, 3.63) is 0 Å². The molecule has 0 amide bonds. The molecule has 188 valence electrons. The summed E-state index contributed by atoms with van der Waals surface area (Å²) in [6.07, 6.45) is 35.3. The van der Waals surface area contributed by atoms with Crippen LogP contribution in [0, 0.1) is 29.6 Å². The van der Waals surface area contributed by atoms with Gasteiger partial charge in [0.1, 0.15) is 0 Å². The summed E-state index contributed by atoms with van der Waals surface area (Å²) >= 11 is 0. The van der Waals surface area contributed by atoms with E-state index in [2.05, 4.69) is 6.92 Å². The quantitative estimate of drug-likeness (QED) is 0.394. The Hall–Kier alpha value is -0.0400. The van der Waals surface area contributed by atoms with Crippen LogP contribution in [0.4, 0.5) is 0 Å². The van der Waals surface area contributed by atoms with Gasteiger partial charge in [-0.1, -0.05) is 129 Å². The molecule has 6 unspecified atom stereocenters. The second-order valence-electron chi connectivity index (χ2n) is 12.7. The van der Waals surface area contributed by atoms with Gasteiger partial charge in [0.05, 0.1) is 0 Å². The topological polar surface area (TPSA) is 26.0 Å². The summed E-state index contributed by atoms with van der Waals surface area (Å²) in [5.74, 6) is 4.98. The van der Waals surface area contributed by atoms with Crippen LogP contribution in [-0.2, 0) is 0 Å². The Morgan fingerprint density at radius 1 is 0.406 bits per heavy atom. The van der Waals surface area contributed by atoms with Gasteiger partial charge in [0.15, 0.2) is 0 Å². The van der Waals surface area contributed by atoms with E-state index < -0.39 is 0 Å². The maximum absolute atomic E-state index is 6.72. The van der Waals surface area contributed by atoms with E-state index in [1.165, 1.54) is 148 Å². The van der Waals surface area contributed by atoms with Crippen LogP contribution < -0.4 is 5.73 Å². The summed E-state index contributed by atoms with van der Waals surface area (Å²) < 4.78 is 0. The summed E-state index contributed by atoms with van der Waals surface area (Å²) in [5.41, 5.74) is 6.72. The third kappa shape index (κ3) is 11.4. The maximum atomic E-state index is 6.72. The number of hydrogen-bond acceptors (Lipinski definition) is 1. The van der Waals surface area contributed by atoms with Gasteiger partial charge in [0.25, 0.3) is 0 Å². The van der Waals surface area contributed by atoms with Gasteiger partial charge in [-0.15, -0.1) is 0 Å². The second kappa shape index (κ2) is 15.8. The first-order valence-electron chi connectivity index (χ1n) is 15.5. The van der Waals surface area contributed by atoms with Crippen LogP contribution in [-0.4, -0.2) is 6.04 Å². The molecule has 1 heteroatoms. The molecule has 0 aliphatic heterocycles. The number of nitrogens with two attached hydrogens (primary N) is 1. The molecule has 2 N–H and O–H groups in total. The maximum Gasteiger partial charge on any atom is 0.00415 e. The van der Waals surface area contributed by atoms with E-state index in [9.17, 15) is 0 Å². The largest absolute Gasteiger partial charge is 0.328 e. The van der Waals surface area contributed by atoms with Gasteiger partial charge in [-0.3, -0.25) is 0 Å². The average Bonchev–Trinajstić information content (AvgIpc) is 3.53. The zero-order valence-corrected chi connectivity index (χ0v) is 22.0. The van der Waals surface area contributed by atoms with Crippen LogP contribution in [0.25, 0.3) is 0 Å². The summed E-state index contributed by atoms with van der Waals surface area (Å²) in [4.78, 5) is 0. The van der Waals surface area contributed by atoms with E-state index in [1.54, 1.807) is 6.42 Å². The molecule has 3 aliphatic rings. The summed E-state index contributed by atoms with van der Waals surface area (Å²) in [5, 5.41) is 0. The Morgan fingerprint density at radius 2 is 0.938 bits per heavy atom. The fourth-order valence-electron chi connectivity index (χ4n) is 7.17. The minimum atomic E-state index is 0.457. The number of hydrogen-bond donors (Lipinski definition) is 1. The molecule has 0 aromatic rings. The molecule has 0 spiro atoms. The smallest absolute Gasteiger partial charge is 0.00415 e. The van der Waals surface area contributed by atoms with Crippen molar-refractivity contribution in [2.45, 2.75) is 167 Å². The van der Waals surface area contributed by atoms with E-state index in [-0.39, 0.29) is 0 Å². The van der Waals surface area contributed by atoms with Gasteiger partial charge in [0, 0.05) is 6.04 Å². The van der Waals surface area contributed by atoms with Crippen molar-refractivity contribution in [3.63, 3.8) is 0 Å². The molecule has 3 rings (SSSR count). The van der Waals surface area contributed by atoms with Crippen molar-refractivity contribution in [1.29, 1.82) is 0 Å². The lowest BCUT2D eigenvalue weighted by atomic mass is 9.86. The first-order chi connectivity index (χ1) is 15.7. The summed E-state index contributed by atoms with van der Waals surface area (Å²) in [6, 6.07) is 0.457.